The summed E-state index contributed by atoms with van der Waals surface area (Å²) in [7, 11) is 0. The van der Waals surface area contributed by atoms with Crippen molar-refractivity contribution in [3.8, 4) is 17.3 Å². The van der Waals surface area contributed by atoms with Crippen LogP contribution in [-0.4, -0.2) is 42.0 Å². The molecule has 5 rings (SSSR count). The fourth-order valence-corrected chi connectivity index (χ4v) is 3.51. The minimum Gasteiger partial charge on any atom is -0.484 e. The van der Waals surface area contributed by atoms with Crippen LogP contribution in [0.25, 0.3) is 22.5 Å². The van der Waals surface area contributed by atoms with E-state index in [1.807, 2.05) is 12.1 Å². The van der Waals surface area contributed by atoms with E-state index in [4.69, 9.17) is 16.3 Å². The lowest BCUT2D eigenvalue weighted by Crippen LogP contribution is -2.22. The Morgan fingerprint density at radius 1 is 1.09 bits per heavy atom. The molecule has 0 radical (unpaired) electrons. The van der Waals surface area contributed by atoms with Crippen molar-refractivity contribution < 1.29 is 13.9 Å². The minimum absolute atomic E-state index is 0.260. The number of fused-ring (bicyclic) bond motifs is 1. The highest BCUT2D eigenvalue weighted by Crippen LogP contribution is 2.24. The highest BCUT2D eigenvalue weighted by Gasteiger charge is 2.18. The van der Waals surface area contributed by atoms with Crippen LogP contribution in [-0.2, 0) is 4.79 Å². The van der Waals surface area contributed by atoms with Crippen LogP contribution in [0.5, 0.6) is 5.75 Å². The predicted molar refractivity (Wildman–Crippen MR) is 124 cm³/mol. The summed E-state index contributed by atoms with van der Waals surface area (Å²) >= 11 is 6.00. The lowest BCUT2D eigenvalue weighted by atomic mass is 10.3. The van der Waals surface area contributed by atoms with E-state index in [9.17, 15) is 9.18 Å². The number of aryl methyl sites for hydroxylation is 1. The zero-order valence-electron chi connectivity index (χ0n) is 17.8. The molecule has 0 saturated heterocycles. The molecule has 0 fully saturated rings. The van der Waals surface area contributed by atoms with E-state index in [-0.39, 0.29) is 12.4 Å². The summed E-state index contributed by atoms with van der Waals surface area (Å²) in [5.74, 6) is 0.449. The second-order valence-electron chi connectivity index (χ2n) is 7.34. The number of aromatic nitrogens is 6. The summed E-state index contributed by atoms with van der Waals surface area (Å²) in [6, 6.07) is 14.3. The van der Waals surface area contributed by atoms with Gasteiger partial charge in [-0.15, -0.1) is 0 Å². The summed E-state index contributed by atoms with van der Waals surface area (Å²) in [6.07, 6.45) is 3.05. The van der Waals surface area contributed by atoms with Gasteiger partial charge in [-0.05, 0) is 55.5 Å². The SMILES string of the molecule is Cc1cc(NC(=O)COc2ccc(F)cc2)n(-c2ncnc3c2cnn3-c2ccc(Cl)cc2)n1. The molecular formula is C23H17ClFN7O2. The smallest absolute Gasteiger partial charge is 0.263 e. The van der Waals surface area contributed by atoms with E-state index in [1.54, 1.807) is 36.0 Å². The van der Waals surface area contributed by atoms with Crippen molar-refractivity contribution in [2.24, 2.45) is 0 Å². The number of carbonyl (C=O) groups excluding carboxylic acids is 1. The number of hydrogen-bond acceptors (Lipinski definition) is 6. The number of anilines is 1. The molecule has 0 atom stereocenters. The monoisotopic (exact) mass is 477 g/mol. The Balaban J connectivity index is 1.42. The van der Waals surface area contributed by atoms with Crippen LogP contribution in [0.15, 0.2) is 67.1 Å². The maximum absolute atomic E-state index is 13.0. The maximum Gasteiger partial charge on any atom is 0.263 e. The molecule has 5 aromatic rings. The third-order valence-electron chi connectivity index (χ3n) is 4.90. The first-order chi connectivity index (χ1) is 16.5. The molecule has 11 heteroatoms. The standard InChI is InChI=1S/C23H17ClFN7O2/c1-14-10-20(29-21(33)12-34-18-8-4-16(25)5-9-18)32(30-14)23-19-11-28-31(22(19)26-13-27-23)17-6-2-15(24)3-7-17/h2-11,13H,12H2,1H3,(H,29,33). The normalized spacial score (nSPS) is 11.0. The molecule has 34 heavy (non-hydrogen) atoms. The van der Waals surface area contributed by atoms with Gasteiger partial charge in [0.2, 0.25) is 0 Å². The fraction of sp³-hybridized carbons (Fsp3) is 0.0870. The van der Waals surface area contributed by atoms with Crippen molar-refractivity contribution >= 4 is 34.4 Å². The first-order valence-corrected chi connectivity index (χ1v) is 10.6. The van der Waals surface area contributed by atoms with Gasteiger partial charge < -0.3 is 10.1 Å². The van der Waals surface area contributed by atoms with Crippen molar-refractivity contribution in [2.75, 3.05) is 11.9 Å². The average molecular weight is 478 g/mol. The van der Waals surface area contributed by atoms with Crippen molar-refractivity contribution in [3.05, 3.63) is 83.7 Å². The molecule has 3 heterocycles. The van der Waals surface area contributed by atoms with Crippen LogP contribution in [0.3, 0.4) is 0 Å². The zero-order valence-corrected chi connectivity index (χ0v) is 18.6. The number of rotatable bonds is 6. The van der Waals surface area contributed by atoms with Gasteiger partial charge in [-0.1, -0.05) is 11.6 Å². The number of hydrogen-bond donors (Lipinski definition) is 1. The van der Waals surface area contributed by atoms with Crippen LogP contribution >= 0.6 is 11.6 Å². The van der Waals surface area contributed by atoms with E-state index >= 15 is 0 Å². The number of amides is 1. The highest BCUT2D eigenvalue weighted by molar-refractivity contribution is 6.30. The Hall–Kier alpha value is -4.31. The Morgan fingerprint density at radius 3 is 2.62 bits per heavy atom. The molecule has 0 bridgehead atoms. The van der Waals surface area contributed by atoms with E-state index in [1.165, 1.54) is 35.3 Å². The molecule has 0 aliphatic heterocycles. The molecule has 0 unspecified atom stereocenters. The van der Waals surface area contributed by atoms with Crippen LogP contribution < -0.4 is 10.1 Å². The highest BCUT2D eigenvalue weighted by atomic mass is 35.5. The van der Waals surface area contributed by atoms with Crippen molar-refractivity contribution in [1.82, 2.24) is 29.5 Å². The van der Waals surface area contributed by atoms with Gasteiger partial charge in [0.25, 0.3) is 5.91 Å². The van der Waals surface area contributed by atoms with Crippen molar-refractivity contribution in [2.45, 2.75) is 6.92 Å². The Kier molecular flexibility index (Phi) is 5.64. The first-order valence-electron chi connectivity index (χ1n) is 10.2. The quantitative estimate of drug-likeness (QED) is 0.395. The lowest BCUT2D eigenvalue weighted by Gasteiger charge is -2.10. The van der Waals surface area contributed by atoms with Crippen LogP contribution in [0, 0.1) is 12.7 Å². The number of nitrogens with one attached hydrogen (secondary N) is 1. The molecule has 0 spiro atoms. The Bertz CT molecular complexity index is 1480. The van der Waals surface area contributed by atoms with Gasteiger partial charge in [0.1, 0.15) is 23.7 Å². The summed E-state index contributed by atoms with van der Waals surface area (Å²) in [5.41, 5.74) is 2.02. The molecule has 1 N–H and O–H groups in total. The largest absolute Gasteiger partial charge is 0.484 e. The van der Waals surface area contributed by atoms with Gasteiger partial charge in [0, 0.05) is 11.1 Å². The van der Waals surface area contributed by atoms with Gasteiger partial charge >= 0.3 is 0 Å². The summed E-state index contributed by atoms with van der Waals surface area (Å²) in [6.45, 7) is 1.54. The van der Waals surface area contributed by atoms with Gasteiger partial charge in [-0.2, -0.15) is 14.9 Å². The molecule has 170 valence electrons. The van der Waals surface area contributed by atoms with Gasteiger partial charge in [-0.25, -0.2) is 19.0 Å². The van der Waals surface area contributed by atoms with Crippen molar-refractivity contribution in [1.29, 1.82) is 0 Å². The zero-order chi connectivity index (χ0) is 23.7. The first kappa shape index (κ1) is 21.5. The van der Waals surface area contributed by atoms with E-state index in [2.05, 4.69) is 25.5 Å². The lowest BCUT2D eigenvalue weighted by molar-refractivity contribution is -0.118. The summed E-state index contributed by atoms with van der Waals surface area (Å²) < 4.78 is 21.6. The van der Waals surface area contributed by atoms with Gasteiger partial charge in [-0.3, -0.25) is 4.79 Å². The van der Waals surface area contributed by atoms with Crippen LogP contribution in [0.1, 0.15) is 5.69 Å². The summed E-state index contributed by atoms with van der Waals surface area (Å²) in [5, 5.41) is 13.0. The molecule has 3 aromatic heterocycles. The number of carbonyl (C=O) groups is 1. The minimum atomic E-state index is -0.410. The molecule has 9 nitrogen and oxygen atoms in total. The molecule has 0 aliphatic carbocycles. The molecule has 2 aromatic carbocycles. The van der Waals surface area contributed by atoms with Crippen LogP contribution in [0.4, 0.5) is 10.2 Å². The predicted octanol–water partition coefficient (Wildman–Crippen LogP) is 4.12. The second kappa shape index (κ2) is 8.91. The molecule has 1 amide bonds. The van der Waals surface area contributed by atoms with Crippen LogP contribution in [0.2, 0.25) is 5.02 Å². The number of halogens is 2. The number of ether oxygens (including phenoxy) is 1. The average Bonchev–Trinajstić information content (AvgIpc) is 3.42. The van der Waals surface area contributed by atoms with Crippen molar-refractivity contribution in [3.63, 3.8) is 0 Å². The molecule has 0 saturated carbocycles. The molecular weight excluding hydrogens is 461 g/mol. The van der Waals surface area contributed by atoms with E-state index in [0.717, 1.165) is 5.69 Å². The summed E-state index contributed by atoms with van der Waals surface area (Å²) in [4.78, 5) is 21.3. The second-order valence-corrected chi connectivity index (χ2v) is 7.78. The maximum atomic E-state index is 13.0. The molecule has 0 aliphatic rings. The van der Waals surface area contributed by atoms with E-state index < -0.39 is 5.91 Å². The topological polar surface area (TPSA) is 99.7 Å². The Labute approximate surface area is 197 Å². The van der Waals surface area contributed by atoms with Gasteiger partial charge in [0.05, 0.1) is 23.0 Å². The van der Waals surface area contributed by atoms with E-state index in [0.29, 0.717) is 39.1 Å². The third kappa shape index (κ3) is 4.30. The van der Waals surface area contributed by atoms with Gasteiger partial charge in [0.15, 0.2) is 18.1 Å². The Morgan fingerprint density at radius 2 is 1.85 bits per heavy atom. The third-order valence-corrected chi connectivity index (χ3v) is 5.15. The number of nitrogens with zero attached hydrogens (tertiary/aromatic N) is 6. The number of benzene rings is 2. The fourth-order valence-electron chi connectivity index (χ4n) is 3.38.